The maximum atomic E-state index is 12.1. The molecule has 8 heteroatoms. The average molecular weight is 429 g/mol. The molecule has 27 heavy (non-hydrogen) atoms. The number of benzene rings is 2. The van der Waals surface area contributed by atoms with E-state index in [9.17, 15) is 9.59 Å². The number of rotatable bonds is 6. The van der Waals surface area contributed by atoms with Gasteiger partial charge in [0.1, 0.15) is 5.75 Å². The number of aromatic nitrogens is 1. The van der Waals surface area contributed by atoms with Gasteiger partial charge in [0.15, 0.2) is 0 Å². The van der Waals surface area contributed by atoms with Gasteiger partial charge < -0.3 is 9.15 Å². The Kier molecular flexibility index (Phi) is 6.15. The third-order valence-corrected chi connectivity index (χ3v) is 5.02. The van der Waals surface area contributed by atoms with E-state index in [-0.39, 0.29) is 10.4 Å². The first-order valence-electron chi connectivity index (χ1n) is 8.28. The van der Waals surface area contributed by atoms with Crippen LogP contribution in [-0.4, -0.2) is 11.2 Å². The van der Waals surface area contributed by atoms with Gasteiger partial charge in [0.05, 0.1) is 22.5 Å². The molecule has 0 aliphatic rings. The highest BCUT2D eigenvalue weighted by molar-refractivity contribution is 6.38. The predicted molar refractivity (Wildman–Crippen MR) is 108 cm³/mol. The summed E-state index contributed by atoms with van der Waals surface area (Å²) in [7, 11) is 0. The Morgan fingerprint density at radius 1 is 1.04 bits per heavy atom. The van der Waals surface area contributed by atoms with E-state index in [1.165, 1.54) is 16.7 Å². The lowest BCUT2D eigenvalue weighted by molar-refractivity contribution is 0.300. The molecule has 0 atom stereocenters. The van der Waals surface area contributed by atoms with Crippen molar-refractivity contribution in [1.82, 2.24) is 4.57 Å². The standard InChI is InChI=1S/C19H16Cl3NO4/c1-11-8-13(4-5-15(11)21)26-7-3-2-6-23-17-14(18(24)27-19(23)25)9-12(20)10-16(17)22/h4-5,8-10H,2-3,6-7H2,1H3. The van der Waals surface area contributed by atoms with E-state index in [4.69, 9.17) is 44.0 Å². The Bertz CT molecular complexity index is 1100. The predicted octanol–water partition coefficient (Wildman–Crippen LogP) is 5.08. The van der Waals surface area contributed by atoms with Crippen molar-refractivity contribution < 1.29 is 9.15 Å². The molecule has 1 heterocycles. The van der Waals surface area contributed by atoms with Crippen LogP contribution in [0.2, 0.25) is 15.1 Å². The molecule has 2 aromatic carbocycles. The van der Waals surface area contributed by atoms with Crippen LogP contribution in [0.25, 0.3) is 10.9 Å². The lowest BCUT2D eigenvalue weighted by atomic mass is 10.2. The number of aryl methyl sites for hydroxylation is 2. The third kappa shape index (κ3) is 4.49. The summed E-state index contributed by atoms with van der Waals surface area (Å²) < 4.78 is 11.8. The molecule has 0 radical (unpaired) electrons. The Hall–Kier alpha value is -1.95. The topological polar surface area (TPSA) is 61.4 Å². The molecule has 0 saturated carbocycles. The Morgan fingerprint density at radius 3 is 2.56 bits per heavy atom. The Labute approximate surface area is 170 Å². The van der Waals surface area contributed by atoms with Crippen LogP contribution >= 0.6 is 34.8 Å². The summed E-state index contributed by atoms with van der Waals surface area (Å²) in [5, 5.41) is 1.41. The number of ether oxygens (including phenoxy) is 1. The normalized spacial score (nSPS) is 11.1. The summed E-state index contributed by atoms with van der Waals surface area (Å²) in [6.07, 6.45) is 1.33. The fourth-order valence-corrected chi connectivity index (χ4v) is 3.46. The van der Waals surface area contributed by atoms with Gasteiger partial charge in [-0.1, -0.05) is 34.8 Å². The average Bonchev–Trinajstić information content (AvgIpc) is 2.60. The molecular formula is C19H16Cl3NO4. The maximum Gasteiger partial charge on any atom is 0.422 e. The zero-order valence-electron chi connectivity index (χ0n) is 14.4. The van der Waals surface area contributed by atoms with E-state index >= 15 is 0 Å². The molecule has 3 aromatic rings. The number of halogens is 3. The molecule has 0 saturated heterocycles. The first kappa shape index (κ1) is 19.8. The van der Waals surface area contributed by atoms with E-state index in [0.29, 0.717) is 41.6 Å². The van der Waals surface area contributed by atoms with Gasteiger partial charge in [0.2, 0.25) is 0 Å². The summed E-state index contributed by atoms with van der Waals surface area (Å²) >= 11 is 18.1. The summed E-state index contributed by atoms with van der Waals surface area (Å²) in [4.78, 5) is 24.0. The van der Waals surface area contributed by atoms with Crippen LogP contribution in [0.15, 0.2) is 44.3 Å². The molecule has 3 rings (SSSR count). The lowest BCUT2D eigenvalue weighted by Crippen LogP contribution is -2.25. The van der Waals surface area contributed by atoms with Gasteiger partial charge in [-0.05, 0) is 55.7 Å². The minimum Gasteiger partial charge on any atom is -0.494 e. The summed E-state index contributed by atoms with van der Waals surface area (Å²) in [6, 6.07) is 8.40. The van der Waals surface area contributed by atoms with Crippen molar-refractivity contribution in [2.24, 2.45) is 0 Å². The van der Waals surface area contributed by atoms with E-state index < -0.39 is 11.4 Å². The highest BCUT2D eigenvalue weighted by atomic mass is 35.5. The molecule has 0 spiro atoms. The van der Waals surface area contributed by atoms with Crippen LogP contribution in [-0.2, 0) is 6.54 Å². The van der Waals surface area contributed by atoms with Crippen LogP contribution in [0.1, 0.15) is 18.4 Å². The monoisotopic (exact) mass is 427 g/mol. The fourth-order valence-electron chi connectivity index (χ4n) is 2.75. The van der Waals surface area contributed by atoms with Gasteiger partial charge in [-0.3, -0.25) is 4.57 Å². The van der Waals surface area contributed by atoms with Crippen LogP contribution in [0.3, 0.4) is 0 Å². The summed E-state index contributed by atoms with van der Waals surface area (Å²) in [6.45, 7) is 2.72. The van der Waals surface area contributed by atoms with Gasteiger partial charge in [-0.15, -0.1) is 0 Å². The van der Waals surface area contributed by atoms with Crippen molar-refractivity contribution >= 4 is 45.7 Å². The van der Waals surface area contributed by atoms with Crippen molar-refractivity contribution in [3.8, 4) is 5.75 Å². The highest BCUT2D eigenvalue weighted by Crippen LogP contribution is 2.25. The SMILES string of the molecule is Cc1cc(OCCCCn2c(=O)oc(=O)c3cc(Cl)cc(Cl)c32)ccc1Cl. The Morgan fingerprint density at radius 2 is 1.81 bits per heavy atom. The number of unbranched alkanes of at least 4 members (excludes halogenated alkanes) is 1. The largest absolute Gasteiger partial charge is 0.494 e. The fraction of sp³-hybridized carbons (Fsp3) is 0.263. The summed E-state index contributed by atoms with van der Waals surface area (Å²) in [5.41, 5.74) is 0.522. The van der Waals surface area contributed by atoms with E-state index in [0.717, 1.165) is 11.3 Å². The minimum absolute atomic E-state index is 0.181. The molecule has 0 amide bonds. The molecule has 0 N–H and O–H groups in total. The number of nitrogens with zero attached hydrogens (tertiary/aromatic N) is 1. The van der Waals surface area contributed by atoms with Crippen molar-refractivity contribution in [2.75, 3.05) is 6.61 Å². The highest BCUT2D eigenvalue weighted by Gasteiger charge is 2.13. The zero-order chi connectivity index (χ0) is 19.6. The molecular weight excluding hydrogens is 413 g/mol. The molecule has 0 bridgehead atoms. The maximum absolute atomic E-state index is 12.1. The van der Waals surface area contributed by atoms with Crippen LogP contribution < -0.4 is 16.1 Å². The first-order chi connectivity index (χ1) is 12.9. The number of fused-ring (bicyclic) bond motifs is 1. The van der Waals surface area contributed by atoms with Crippen molar-refractivity contribution in [3.63, 3.8) is 0 Å². The Balaban J connectivity index is 1.69. The summed E-state index contributed by atoms with van der Waals surface area (Å²) in [5.74, 6) is -0.00567. The van der Waals surface area contributed by atoms with E-state index in [2.05, 4.69) is 0 Å². The van der Waals surface area contributed by atoms with Gasteiger partial charge >= 0.3 is 11.4 Å². The molecule has 0 aliphatic heterocycles. The quantitative estimate of drug-likeness (QED) is 0.514. The van der Waals surface area contributed by atoms with Gasteiger partial charge in [-0.2, -0.15) is 0 Å². The second kappa shape index (κ2) is 8.38. The van der Waals surface area contributed by atoms with E-state index in [1.807, 2.05) is 19.1 Å². The molecule has 0 aliphatic carbocycles. The number of hydrogen-bond acceptors (Lipinski definition) is 4. The zero-order valence-corrected chi connectivity index (χ0v) is 16.7. The van der Waals surface area contributed by atoms with Crippen LogP contribution in [0, 0.1) is 6.92 Å². The molecule has 0 unspecified atom stereocenters. The van der Waals surface area contributed by atoms with Crippen molar-refractivity contribution in [3.05, 3.63) is 71.9 Å². The van der Waals surface area contributed by atoms with Gasteiger partial charge in [0.25, 0.3) is 0 Å². The molecule has 1 aromatic heterocycles. The second-order valence-corrected chi connectivity index (χ2v) is 7.31. The second-order valence-electron chi connectivity index (χ2n) is 6.06. The smallest absolute Gasteiger partial charge is 0.422 e. The molecule has 5 nitrogen and oxygen atoms in total. The molecule has 0 fully saturated rings. The lowest BCUT2D eigenvalue weighted by Gasteiger charge is -2.11. The third-order valence-electron chi connectivity index (χ3n) is 4.09. The van der Waals surface area contributed by atoms with Crippen molar-refractivity contribution in [2.45, 2.75) is 26.3 Å². The van der Waals surface area contributed by atoms with Gasteiger partial charge in [0, 0.05) is 16.6 Å². The number of hydrogen-bond donors (Lipinski definition) is 0. The van der Waals surface area contributed by atoms with Gasteiger partial charge in [-0.25, -0.2) is 9.59 Å². The first-order valence-corrected chi connectivity index (χ1v) is 9.42. The van der Waals surface area contributed by atoms with Crippen molar-refractivity contribution in [1.29, 1.82) is 0 Å². The minimum atomic E-state index is -0.753. The van der Waals surface area contributed by atoms with E-state index in [1.54, 1.807) is 6.07 Å². The molecule has 142 valence electrons. The van der Waals surface area contributed by atoms with Crippen LogP contribution in [0.4, 0.5) is 0 Å². The van der Waals surface area contributed by atoms with Crippen LogP contribution in [0.5, 0.6) is 5.75 Å².